The first kappa shape index (κ1) is 5530. The van der Waals surface area contributed by atoms with Gasteiger partial charge in [-0.2, -0.15) is 0 Å². The molecule has 12 nitrogen and oxygen atoms in total. The van der Waals surface area contributed by atoms with Gasteiger partial charge < -0.3 is 73.8 Å². The monoisotopic (exact) mass is 216 g/mol. The number of quaternary nitrogens is 12. The van der Waals surface area contributed by atoms with E-state index in [-0.39, 0.29) is 73.8 Å². The van der Waals surface area contributed by atoms with Crippen molar-refractivity contribution in [2.24, 2.45) is 0 Å². The van der Waals surface area contributed by atoms with Crippen LogP contribution in [0.2, 0.25) is 0 Å². The Morgan fingerprint density at radius 2 is 0.0833 bits per heavy atom. The van der Waals surface area contributed by atoms with Crippen LogP contribution >= 0.6 is 0 Å². The molecule has 0 heterocycles. The summed E-state index contributed by atoms with van der Waals surface area (Å²) in [6.45, 7) is 0. The first-order valence-corrected chi connectivity index (χ1v) is 0. The minimum Gasteiger partial charge on any atom is -0.369 e. The maximum Gasteiger partial charge on any atom is -0.369 e. The van der Waals surface area contributed by atoms with Gasteiger partial charge in [0.1, 0.15) is 0 Å². The standard InChI is InChI=1S/12H3N/h12*1H3/p+12. The summed E-state index contributed by atoms with van der Waals surface area (Å²) in [7, 11) is 0. The molecule has 0 saturated carbocycles. The van der Waals surface area contributed by atoms with Crippen molar-refractivity contribution in [2.45, 2.75) is 0 Å². The molecule has 0 saturated heterocycles. The van der Waals surface area contributed by atoms with Crippen LogP contribution in [0.25, 0.3) is 0 Å². The second kappa shape index (κ2) is 4140. The molecule has 0 amide bonds. The summed E-state index contributed by atoms with van der Waals surface area (Å²) >= 11 is 0. The van der Waals surface area contributed by atoms with Crippen LogP contribution in [0.15, 0.2) is 0 Å². The van der Waals surface area contributed by atoms with Crippen LogP contribution < -0.4 is 73.8 Å². The van der Waals surface area contributed by atoms with E-state index in [0.29, 0.717) is 0 Å². The average molecular weight is 216 g/mol. The van der Waals surface area contributed by atoms with Gasteiger partial charge in [-0.25, -0.2) is 0 Å². The molecule has 12 heavy (non-hydrogen) atoms. The van der Waals surface area contributed by atoms with Gasteiger partial charge in [-0.3, -0.25) is 0 Å². The second-order valence-electron chi connectivity index (χ2n) is 0. The zero-order valence-corrected chi connectivity index (χ0v) is 12.0. The predicted molar refractivity (Wildman–Crippen MR) is 71.8 cm³/mol. The minimum atomic E-state index is 0. The molecular formula is H48N12+12. The molecule has 0 fully saturated rings. The lowest BCUT2D eigenvalue weighted by molar-refractivity contribution is 2.13. The van der Waals surface area contributed by atoms with E-state index >= 15 is 0 Å². The Balaban J connectivity index is 0. The Morgan fingerprint density at radius 3 is 0.0833 bits per heavy atom. The number of hydrogen-bond donors (Lipinski definition) is 12. The van der Waals surface area contributed by atoms with Crippen LogP contribution in [0.5, 0.6) is 0 Å². The average Bonchev–Trinajstić information content (AvgIpc) is 0. The summed E-state index contributed by atoms with van der Waals surface area (Å²) in [6, 6.07) is 0. The molecule has 0 aliphatic rings. The Morgan fingerprint density at radius 1 is 0.0833 bits per heavy atom. The smallest absolute Gasteiger partial charge is 0.369 e. The highest BCUT2D eigenvalue weighted by atomic mass is 14.0. The molecule has 0 aromatic rings. The quantitative estimate of drug-likeness (QED) is 0.265. The lowest BCUT2D eigenvalue weighted by Gasteiger charge is -0.370. The van der Waals surface area contributed by atoms with Crippen LogP contribution in [0.3, 0.4) is 0 Å². The summed E-state index contributed by atoms with van der Waals surface area (Å²) in [6.07, 6.45) is 0. The maximum atomic E-state index is 0. The van der Waals surface area contributed by atoms with Crippen LogP contribution in [-0.2, 0) is 0 Å². The van der Waals surface area contributed by atoms with E-state index < -0.39 is 0 Å². The molecule has 0 spiro atoms. The molecule has 0 aliphatic heterocycles. The molecule has 0 radical (unpaired) electrons. The van der Waals surface area contributed by atoms with E-state index in [2.05, 4.69) is 0 Å². The fourth-order valence-corrected chi connectivity index (χ4v) is 0. The summed E-state index contributed by atoms with van der Waals surface area (Å²) in [5, 5.41) is 0. The van der Waals surface area contributed by atoms with Crippen LogP contribution in [0, 0.1) is 0 Å². The van der Waals surface area contributed by atoms with Gasteiger partial charge >= 0.3 is 0 Å². The Hall–Kier alpha value is -0.480. The van der Waals surface area contributed by atoms with E-state index in [9.17, 15) is 0 Å². The van der Waals surface area contributed by atoms with Crippen LogP contribution in [-0.4, -0.2) is 0 Å². The molecule has 0 unspecified atom stereocenters. The Kier molecular flexibility index (Phi) is 1910000. The van der Waals surface area contributed by atoms with Crippen LogP contribution in [0.1, 0.15) is 0 Å². The predicted octanol–water partition coefficient (Wildman–Crippen LogP) is 4.51. The first-order chi connectivity index (χ1) is 0. The topological polar surface area (TPSA) is 438 Å². The third kappa shape index (κ3) is 3000. The van der Waals surface area contributed by atoms with Gasteiger partial charge in [0.15, 0.2) is 0 Å². The highest BCUT2D eigenvalue weighted by molar-refractivity contribution is 2.15. The van der Waals surface area contributed by atoms with Crippen molar-refractivity contribution in [1.82, 2.24) is 73.8 Å². The molecule has 0 rings (SSSR count). The molecular weight excluding hydrogens is 168 g/mol. The fourth-order valence-electron chi connectivity index (χ4n) is 0. The molecule has 0 aromatic heterocycles. The molecule has 0 aliphatic carbocycles. The zero-order valence-electron chi connectivity index (χ0n) is 12.0. The van der Waals surface area contributed by atoms with Gasteiger partial charge in [-0.1, -0.05) is 0 Å². The fraction of sp³-hybridized carbons (Fsp3) is 0. The maximum absolute atomic E-state index is 0. The van der Waals surface area contributed by atoms with Crippen LogP contribution in [0.4, 0.5) is 0 Å². The minimum absolute atomic E-state index is 0. The molecule has 48 N–H and O–H groups in total. The second-order valence-corrected chi connectivity index (χ2v) is 0. The third-order valence-electron chi connectivity index (χ3n) is 0. The van der Waals surface area contributed by atoms with E-state index in [1.54, 1.807) is 0 Å². The molecule has 0 aromatic carbocycles. The molecule has 12 heteroatoms. The normalized spacial score (nSPS) is 0. The highest BCUT2D eigenvalue weighted by Gasteiger charge is -0.358. The van der Waals surface area contributed by atoms with Crippen molar-refractivity contribution in [3.8, 4) is 0 Å². The van der Waals surface area contributed by atoms with Gasteiger partial charge in [-0.15, -0.1) is 0 Å². The lowest BCUT2D eigenvalue weighted by atomic mass is 14.0. The third-order valence-corrected chi connectivity index (χ3v) is 0. The number of rotatable bonds is 0. The lowest BCUT2D eigenvalue weighted by Crippen LogP contribution is -0.482. The van der Waals surface area contributed by atoms with Gasteiger partial charge in [-0.05, 0) is 0 Å². The Labute approximate surface area is 75.0 Å². The number of hydrogen-bond acceptors (Lipinski definition) is 0. The van der Waals surface area contributed by atoms with Gasteiger partial charge in [0.2, 0.25) is 0 Å². The van der Waals surface area contributed by atoms with E-state index in [0.717, 1.165) is 0 Å². The summed E-state index contributed by atoms with van der Waals surface area (Å²) in [5.74, 6) is 0. The summed E-state index contributed by atoms with van der Waals surface area (Å²) in [4.78, 5) is 0. The van der Waals surface area contributed by atoms with Crippen molar-refractivity contribution in [3.05, 3.63) is 0 Å². The highest BCUT2D eigenvalue weighted by Crippen LogP contribution is -0.470. The molecule has 96 valence electrons. The van der Waals surface area contributed by atoms with Crippen molar-refractivity contribution in [2.75, 3.05) is 0 Å². The Bertz CT molecular complexity index is 0. The molecule has 0 atom stereocenters. The van der Waals surface area contributed by atoms with Crippen molar-refractivity contribution >= 4 is 0 Å². The summed E-state index contributed by atoms with van der Waals surface area (Å²) in [5.41, 5.74) is 0. The van der Waals surface area contributed by atoms with E-state index in [1.807, 2.05) is 0 Å². The largest absolute Gasteiger partial charge is 0.369 e. The van der Waals surface area contributed by atoms with Crippen molar-refractivity contribution in [1.29, 1.82) is 0 Å². The van der Waals surface area contributed by atoms with Crippen molar-refractivity contribution < 1.29 is 0 Å². The van der Waals surface area contributed by atoms with E-state index in [4.69, 9.17) is 0 Å². The van der Waals surface area contributed by atoms with Gasteiger partial charge in [0.25, 0.3) is 0 Å². The van der Waals surface area contributed by atoms with Gasteiger partial charge in [0.05, 0.1) is 0 Å². The zero-order chi connectivity index (χ0) is 0. The van der Waals surface area contributed by atoms with Gasteiger partial charge in [0, 0.05) is 0 Å². The SMILES string of the molecule is [NH4+].[NH4+].[NH4+].[NH4+].[NH4+].[NH4+].[NH4+].[NH4+].[NH4+].[NH4+].[NH4+].[NH4+]. The first-order valence-electron chi connectivity index (χ1n) is 0. The van der Waals surface area contributed by atoms with E-state index in [1.165, 1.54) is 0 Å². The molecule has 0 bridgehead atoms. The summed E-state index contributed by atoms with van der Waals surface area (Å²) < 4.78 is 0. The van der Waals surface area contributed by atoms with Crippen molar-refractivity contribution in [3.63, 3.8) is 0 Å².